The van der Waals surface area contributed by atoms with Gasteiger partial charge >= 0.3 is 0 Å². The number of fused-ring (bicyclic) bond motifs is 3. The molecule has 88 valence electrons. The van der Waals surface area contributed by atoms with Crippen LogP contribution in [-0.2, 0) is 0 Å². The van der Waals surface area contributed by atoms with Crippen molar-refractivity contribution in [1.29, 1.82) is 0 Å². The third-order valence-electron chi connectivity index (χ3n) is 3.12. The van der Waals surface area contributed by atoms with Gasteiger partial charge in [-0.2, -0.15) is 0 Å². The predicted octanol–water partition coefficient (Wildman–Crippen LogP) is 2.07. The maximum absolute atomic E-state index is 5.78. The van der Waals surface area contributed by atoms with Gasteiger partial charge in [0.15, 0.2) is 5.75 Å². The first-order chi connectivity index (χ1) is 8.31. The van der Waals surface area contributed by atoms with Crippen LogP contribution in [0.2, 0.25) is 0 Å². The summed E-state index contributed by atoms with van der Waals surface area (Å²) in [5, 5.41) is 2.05. The quantitative estimate of drug-likeness (QED) is 0.751. The molecule has 0 unspecified atom stereocenters. The van der Waals surface area contributed by atoms with Crippen LogP contribution in [0, 0.1) is 0 Å². The molecule has 0 spiro atoms. The molecule has 2 heterocycles. The van der Waals surface area contributed by atoms with Gasteiger partial charge < -0.3 is 14.4 Å². The second-order valence-electron chi connectivity index (χ2n) is 4.10. The first-order valence-corrected chi connectivity index (χ1v) is 5.61. The number of hydrogen-bond acceptors (Lipinski definition) is 4. The van der Waals surface area contributed by atoms with E-state index in [-0.39, 0.29) is 0 Å². The molecular formula is C13H14N2O2. The largest absolute Gasteiger partial charge is 0.489 e. The number of benzene rings is 1. The zero-order valence-corrected chi connectivity index (χ0v) is 9.93. The number of likely N-dealkylation sites (N-methyl/N-ethyl adjacent to an activating group) is 1. The molecule has 4 nitrogen and oxygen atoms in total. The number of rotatable bonds is 1. The monoisotopic (exact) mass is 230 g/mol. The summed E-state index contributed by atoms with van der Waals surface area (Å²) in [4.78, 5) is 6.40. The Bertz CT molecular complexity index is 569. The van der Waals surface area contributed by atoms with Crippen molar-refractivity contribution in [3.63, 3.8) is 0 Å². The van der Waals surface area contributed by atoms with Crippen LogP contribution >= 0.6 is 0 Å². The van der Waals surface area contributed by atoms with Gasteiger partial charge in [0.1, 0.15) is 6.61 Å². The lowest BCUT2D eigenvalue weighted by molar-refractivity contribution is 0.315. The average molecular weight is 230 g/mol. The standard InChI is InChI=1S/C13H14N2O2/c1-15-7-8-17-12-9-5-6-14-13(16-2)10(9)3-4-11(12)15/h3-6H,7-8H2,1-2H3. The summed E-state index contributed by atoms with van der Waals surface area (Å²) < 4.78 is 11.0. The van der Waals surface area contributed by atoms with Crippen LogP contribution in [0.3, 0.4) is 0 Å². The number of anilines is 1. The molecule has 0 saturated heterocycles. The minimum Gasteiger partial charge on any atom is -0.489 e. The maximum Gasteiger partial charge on any atom is 0.221 e. The molecule has 0 N–H and O–H groups in total. The Kier molecular flexibility index (Phi) is 2.28. The SMILES string of the molecule is COc1nccc2c3c(ccc12)N(C)CCO3. The van der Waals surface area contributed by atoms with Gasteiger partial charge in [0.05, 0.1) is 19.3 Å². The van der Waals surface area contributed by atoms with Crippen molar-refractivity contribution in [2.24, 2.45) is 0 Å². The second-order valence-corrected chi connectivity index (χ2v) is 4.10. The molecule has 4 heteroatoms. The normalized spacial score (nSPS) is 14.4. The lowest BCUT2D eigenvalue weighted by Crippen LogP contribution is -2.28. The van der Waals surface area contributed by atoms with Gasteiger partial charge in [-0.1, -0.05) is 0 Å². The Morgan fingerprint density at radius 2 is 2.18 bits per heavy atom. The second kappa shape index (κ2) is 3.80. The van der Waals surface area contributed by atoms with Crippen LogP contribution in [0.5, 0.6) is 11.6 Å². The fraction of sp³-hybridized carbons (Fsp3) is 0.308. The fourth-order valence-electron chi connectivity index (χ4n) is 2.21. The Balaban J connectivity index is 2.31. The van der Waals surface area contributed by atoms with Crippen LogP contribution < -0.4 is 14.4 Å². The van der Waals surface area contributed by atoms with Crippen LogP contribution in [0.25, 0.3) is 10.8 Å². The van der Waals surface area contributed by atoms with E-state index in [1.54, 1.807) is 13.3 Å². The molecule has 0 radical (unpaired) electrons. The maximum atomic E-state index is 5.78. The lowest BCUT2D eigenvalue weighted by atomic mass is 10.1. The Morgan fingerprint density at radius 3 is 3.00 bits per heavy atom. The van der Waals surface area contributed by atoms with Crippen LogP contribution in [0.4, 0.5) is 5.69 Å². The van der Waals surface area contributed by atoms with E-state index < -0.39 is 0 Å². The highest BCUT2D eigenvalue weighted by atomic mass is 16.5. The van der Waals surface area contributed by atoms with Crippen LogP contribution in [0.1, 0.15) is 0 Å². The minimum absolute atomic E-state index is 0.641. The van der Waals surface area contributed by atoms with Crippen molar-refractivity contribution in [3.05, 3.63) is 24.4 Å². The highest BCUT2D eigenvalue weighted by Crippen LogP contribution is 2.39. The van der Waals surface area contributed by atoms with Crippen molar-refractivity contribution in [2.45, 2.75) is 0 Å². The van der Waals surface area contributed by atoms with Gasteiger partial charge in [0, 0.05) is 24.0 Å². The third kappa shape index (κ3) is 1.48. The smallest absolute Gasteiger partial charge is 0.221 e. The zero-order valence-electron chi connectivity index (χ0n) is 9.93. The van der Waals surface area contributed by atoms with E-state index >= 15 is 0 Å². The van der Waals surface area contributed by atoms with Crippen molar-refractivity contribution >= 4 is 16.5 Å². The molecule has 0 atom stereocenters. The van der Waals surface area contributed by atoms with Gasteiger partial charge in [-0.3, -0.25) is 0 Å². The topological polar surface area (TPSA) is 34.6 Å². The van der Waals surface area contributed by atoms with Gasteiger partial charge in [0.2, 0.25) is 5.88 Å². The summed E-state index contributed by atoms with van der Waals surface area (Å²) in [6.45, 7) is 1.63. The molecule has 2 aromatic rings. The highest BCUT2D eigenvalue weighted by molar-refractivity contribution is 5.96. The third-order valence-corrected chi connectivity index (χ3v) is 3.12. The Labute approximate surface area is 99.8 Å². The first-order valence-electron chi connectivity index (χ1n) is 5.61. The molecule has 0 amide bonds. The minimum atomic E-state index is 0.641. The molecule has 1 aliphatic heterocycles. The fourth-order valence-corrected chi connectivity index (χ4v) is 2.21. The molecular weight excluding hydrogens is 216 g/mol. The number of aromatic nitrogens is 1. The summed E-state index contributed by atoms with van der Waals surface area (Å²) in [5.41, 5.74) is 1.12. The van der Waals surface area contributed by atoms with E-state index in [4.69, 9.17) is 9.47 Å². The average Bonchev–Trinajstić information content (AvgIpc) is 2.38. The molecule has 17 heavy (non-hydrogen) atoms. The molecule has 3 rings (SSSR count). The molecule has 1 aromatic carbocycles. The lowest BCUT2D eigenvalue weighted by Gasteiger charge is -2.28. The summed E-state index contributed by atoms with van der Waals surface area (Å²) in [5.74, 6) is 1.57. The number of ether oxygens (including phenoxy) is 2. The van der Waals surface area contributed by atoms with Crippen molar-refractivity contribution in [2.75, 3.05) is 32.2 Å². The predicted molar refractivity (Wildman–Crippen MR) is 67.1 cm³/mol. The number of pyridine rings is 1. The Hall–Kier alpha value is -1.97. The molecule has 0 aliphatic carbocycles. The van der Waals surface area contributed by atoms with E-state index in [0.29, 0.717) is 12.5 Å². The van der Waals surface area contributed by atoms with Crippen molar-refractivity contribution in [1.82, 2.24) is 4.98 Å². The summed E-state index contributed by atoms with van der Waals surface area (Å²) in [7, 11) is 3.71. The number of hydrogen-bond donors (Lipinski definition) is 0. The van der Waals surface area contributed by atoms with Gasteiger partial charge in [0.25, 0.3) is 0 Å². The van der Waals surface area contributed by atoms with E-state index in [0.717, 1.165) is 28.8 Å². The summed E-state index contributed by atoms with van der Waals surface area (Å²) in [6.07, 6.45) is 1.75. The van der Waals surface area contributed by atoms with Crippen LogP contribution in [-0.4, -0.2) is 32.3 Å². The molecule has 0 bridgehead atoms. The van der Waals surface area contributed by atoms with E-state index in [1.807, 2.05) is 12.1 Å². The summed E-state index contributed by atoms with van der Waals surface area (Å²) >= 11 is 0. The molecule has 0 saturated carbocycles. The number of methoxy groups -OCH3 is 1. The van der Waals surface area contributed by atoms with Gasteiger partial charge in [-0.25, -0.2) is 4.98 Å². The highest BCUT2D eigenvalue weighted by Gasteiger charge is 2.18. The van der Waals surface area contributed by atoms with E-state index in [9.17, 15) is 0 Å². The van der Waals surface area contributed by atoms with E-state index in [1.165, 1.54) is 0 Å². The zero-order chi connectivity index (χ0) is 11.8. The summed E-state index contributed by atoms with van der Waals surface area (Å²) in [6, 6.07) is 6.06. The first kappa shape index (κ1) is 10.2. The molecule has 1 aliphatic rings. The Morgan fingerprint density at radius 1 is 1.29 bits per heavy atom. The van der Waals surface area contributed by atoms with Crippen molar-refractivity contribution < 1.29 is 9.47 Å². The van der Waals surface area contributed by atoms with Gasteiger partial charge in [-0.05, 0) is 18.2 Å². The molecule has 0 fully saturated rings. The van der Waals surface area contributed by atoms with Crippen molar-refractivity contribution in [3.8, 4) is 11.6 Å². The van der Waals surface area contributed by atoms with E-state index in [2.05, 4.69) is 23.0 Å². The molecule has 1 aromatic heterocycles. The number of nitrogens with zero attached hydrogens (tertiary/aromatic N) is 2. The van der Waals surface area contributed by atoms with Gasteiger partial charge in [-0.15, -0.1) is 0 Å². The van der Waals surface area contributed by atoms with Crippen LogP contribution in [0.15, 0.2) is 24.4 Å².